The van der Waals surface area contributed by atoms with Crippen LogP contribution in [-0.2, 0) is 6.54 Å². The van der Waals surface area contributed by atoms with Gasteiger partial charge in [0.05, 0.1) is 23.0 Å². The van der Waals surface area contributed by atoms with Gasteiger partial charge in [0.25, 0.3) is 0 Å². The highest BCUT2D eigenvalue weighted by molar-refractivity contribution is 5.76. The number of aromatic nitrogens is 2. The van der Waals surface area contributed by atoms with Gasteiger partial charge in [-0.25, -0.2) is 13.8 Å². The first-order valence-electron chi connectivity index (χ1n) is 6.85. The monoisotopic (exact) mass is 275 g/mol. The summed E-state index contributed by atoms with van der Waals surface area (Å²) in [6.45, 7) is 2.28. The molecule has 1 aromatic carbocycles. The molecule has 0 saturated heterocycles. The number of imidazole rings is 1. The number of nitrogens with zero attached hydrogens (tertiary/aromatic N) is 3. The number of benzene rings is 1. The van der Waals surface area contributed by atoms with E-state index in [9.17, 15) is 8.78 Å². The fourth-order valence-electron chi connectivity index (χ4n) is 2.62. The van der Waals surface area contributed by atoms with Crippen LogP contribution in [0.5, 0.6) is 0 Å². The molecule has 3 nitrogen and oxygen atoms in total. The van der Waals surface area contributed by atoms with Crippen LogP contribution in [0.3, 0.4) is 0 Å². The summed E-state index contributed by atoms with van der Waals surface area (Å²) < 4.78 is 28.7. The van der Waals surface area contributed by atoms with Crippen LogP contribution in [0.25, 0.3) is 11.0 Å². The van der Waals surface area contributed by atoms with Crippen LogP contribution in [0.4, 0.5) is 8.78 Å². The lowest BCUT2D eigenvalue weighted by Crippen LogP contribution is -2.17. The number of hydrogen-bond acceptors (Lipinski definition) is 2. The third kappa shape index (κ3) is 2.05. The molecule has 1 atom stereocenters. The van der Waals surface area contributed by atoms with E-state index in [1.165, 1.54) is 6.07 Å². The minimum absolute atomic E-state index is 0.195. The van der Waals surface area contributed by atoms with E-state index in [2.05, 4.69) is 11.1 Å². The zero-order valence-electron chi connectivity index (χ0n) is 11.2. The molecule has 0 bridgehead atoms. The number of hydrogen-bond donors (Lipinski definition) is 0. The van der Waals surface area contributed by atoms with Gasteiger partial charge in [-0.15, -0.1) is 0 Å². The molecule has 5 heteroatoms. The molecular weight excluding hydrogens is 260 g/mol. The second-order valence-corrected chi connectivity index (χ2v) is 5.49. The molecule has 0 N–H and O–H groups in total. The summed E-state index contributed by atoms with van der Waals surface area (Å²) in [7, 11) is 0. The van der Waals surface area contributed by atoms with Crippen LogP contribution in [0.2, 0.25) is 0 Å². The SMILES string of the molecule is CC(C#N)Cn1c(C2CCC2)nc2cc(F)c(F)cc21. The zero-order chi connectivity index (χ0) is 14.3. The van der Waals surface area contributed by atoms with Crippen molar-refractivity contribution >= 4 is 11.0 Å². The van der Waals surface area contributed by atoms with Crippen LogP contribution in [0.1, 0.15) is 37.9 Å². The maximum atomic E-state index is 13.5. The number of halogens is 2. The standard InChI is InChI=1S/C15H15F2N3/c1-9(7-18)8-20-14-6-12(17)11(16)5-13(14)19-15(20)10-3-2-4-10/h5-6,9-10H,2-4,8H2,1H3. The van der Waals surface area contributed by atoms with Crippen molar-refractivity contribution in [1.82, 2.24) is 9.55 Å². The predicted molar refractivity (Wildman–Crippen MR) is 71.0 cm³/mol. The lowest BCUT2D eigenvalue weighted by Gasteiger charge is -2.26. The molecular formula is C15H15F2N3. The molecule has 1 heterocycles. The van der Waals surface area contributed by atoms with Crippen LogP contribution >= 0.6 is 0 Å². The highest BCUT2D eigenvalue weighted by Crippen LogP contribution is 2.37. The highest BCUT2D eigenvalue weighted by atomic mass is 19.2. The second-order valence-electron chi connectivity index (χ2n) is 5.49. The fourth-order valence-corrected chi connectivity index (χ4v) is 2.62. The normalized spacial score (nSPS) is 16.9. The number of fused-ring (bicyclic) bond motifs is 1. The van der Waals surface area contributed by atoms with Crippen LogP contribution < -0.4 is 0 Å². The Morgan fingerprint density at radius 1 is 1.40 bits per heavy atom. The lowest BCUT2D eigenvalue weighted by atomic mass is 9.85. The molecule has 1 unspecified atom stereocenters. The molecule has 1 aromatic heterocycles. The molecule has 2 aromatic rings. The van der Waals surface area contributed by atoms with E-state index in [4.69, 9.17) is 5.26 Å². The van der Waals surface area contributed by atoms with E-state index < -0.39 is 11.6 Å². The lowest BCUT2D eigenvalue weighted by molar-refractivity contribution is 0.383. The van der Waals surface area contributed by atoms with Crippen LogP contribution in [0, 0.1) is 28.9 Å². The predicted octanol–water partition coefficient (Wildman–Crippen LogP) is 3.74. The summed E-state index contributed by atoms with van der Waals surface area (Å²) in [5.41, 5.74) is 1.05. The minimum atomic E-state index is -0.879. The third-order valence-corrected chi connectivity index (χ3v) is 3.97. The van der Waals surface area contributed by atoms with Gasteiger partial charge in [-0.2, -0.15) is 5.26 Å². The van der Waals surface area contributed by atoms with E-state index in [1.54, 1.807) is 0 Å². The smallest absolute Gasteiger partial charge is 0.161 e. The first kappa shape index (κ1) is 13.0. The van der Waals surface area contributed by atoms with E-state index >= 15 is 0 Å². The van der Waals surface area contributed by atoms with Gasteiger partial charge < -0.3 is 4.57 Å². The summed E-state index contributed by atoms with van der Waals surface area (Å²) in [5, 5.41) is 8.99. The van der Waals surface area contributed by atoms with E-state index in [1.807, 2.05) is 11.5 Å². The van der Waals surface area contributed by atoms with E-state index in [0.717, 1.165) is 31.2 Å². The highest BCUT2D eigenvalue weighted by Gasteiger charge is 2.27. The molecule has 0 aliphatic heterocycles. The molecule has 0 spiro atoms. The fraction of sp³-hybridized carbons (Fsp3) is 0.467. The quantitative estimate of drug-likeness (QED) is 0.856. The van der Waals surface area contributed by atoms with Gasteiger partial charge >= 0.3 is 0 Å². The zero-order valence-corrected chi connectivity index (χ0v) is 11.2. The van der Waals surface area contributed by atoms with Crippen molar-refractivity contribution in [3.8, 4) is 6.07 Å². The summed E-state index contributed by atoms with van der Waals surface area (Å²) in [6, 6.07) is 4.50. The Labute approximate surface area is 115 Å². The van der Waals surface area contributed by atoms with Crippen molar-refractivity contribution in [3.05, 3.63) is 29.6 Å². The molecule has 20 heavy (non-hydrogen) atoms. The van der Waals surface area contributed by atoms with Crippen LogP contribution in [-0.4, -0.2) is 9.55 Å². The van der Waals surface area contributed by atoms with Crippen molar-refractivity contribution < 1.29 is 8.78 Å². The van der Waals surface area contributed by atoms with E-state index in [0.29, 0.717) is 23.5 Å². The minimum Gasteiger partial charge on any atom is -0.326 e. The summed E-state index contributed by atoms with van der Waals surface area (Å²) in [5.74, 6) is -0.740. The van der Waals surface area contributed by atoms with Gasteiger partial charge in [0, 0.05) is 24.6 Å². The Morgan fingerprint density at radius 2 is 2.10 bits per heavy atom. The third-order valence-electron chi connectivity index (χ3n) is 3.97. The molecule has 0 amide bonds. The molecule has 1 aliphatic carbocycles. The largest absolute Gasteiger partial charge is 0.326 e. The molecule has 1 fully saturated rings. The molecule has 104 valence electrons. The first-order chi connectivity index (χ1) is 9.60. The van der Waals surface area contributed by atoms with Gasteiger partial charge in [0.15, 0.2) is 11.6 Å². The van der Waals surface area contributed by atoms with Gasteiger partial charge in [-0.3, -0.25) is 0 Å². The topological polar surface area (TPSA) is 41.6 Å². The Bertz CT molecular complexity index is 695. The van der Waals surface area contributed by atoms with Crippen molar-refractivity contribution in [3.63, 3.8) is 0 Å². The Balaban J connectivity index is 2.15. The van der Waals surface area contributed by atoms with Crippen molar-refractivity contribution in [2.45, 2.75) is 38.6 Å². The van der Waals surface area contributed by atoms with Gasteiger partial charge in [-0.1, -0.05) is 6.42 Å². The van der Waals surface area contributed by atoms with Gasteiger partial charge in [0.2, 0.25) is 0 Å². The average Bonchev–Trinajstić information content (AvgIpc) is 2.66. The van der Waals surface area contributed by atoms with Gasteiger partial charge in [0.1, 0.15) is 5.82 Å². The number of rotatable bonds is 3. The Kier molecular flexibility index (Phi) is 3.17. The molecule has 3 rings (SSSR count). The average molecular weight is 275 g/mol. The summed E-state index contributed by atoms with van der Waals surface area (Å²) in [4.78, 5) is 4.47. The van der Waals surface area contributed by atoms with Crippen molar-refractivity contribution in [2.24, 2.45) is 5.92 Å². The molecule has 0 radical (unpaired) electrons. The maximum Gasteiger partial charge on any atom is 0.161 e. The van der Waals surface area contributed by atoms with Crippen LogP contribution in [0.15, 0.2) is 12.1 Å². The first-order valence-corrected chi connectivity index (χ1v) is 6.85. The second kappa shape index (κ2) is 4.86. The number of nitriles is 1. The molecule has 1 saturated carbocycles. The summed E-state index contributed by atoms with van der Waals surface area (Å²) in [6.07, 6.45) is 3.26. The molecule has 1 aliphatic rings. The maximum absolute atomic E-state index is 13.5. The Morgan fingerprint density at radius 3 is 2.70 bits per heavy atom. The van der Waals surface area contributed by atoms with Gasteiger partial charge in [-0.05, 0) is 19.8 Å². The Hall–Kier alpha value is -1.96. The van der Waals surface area contributed by atoms with E-state index in [-0.39, 0.29) is 5.92 Å². The van der Waals surface area contributed by atoms with Crippen molar-refractivity contribution in [1.29, 1.82) is 5.26 Å². The summed E-state index contributed by atoms with van der Waals surface area (Å²) >= 11 is 0. The van der Waals surface area contributed by atoms with Crippen molar-refractivity contribution in [2.75, 3.05) is 0 Å².